The maximum atomic E-state index is 14.4. The highest BCUT2D eigenvalue weighted by Crippen LogP contribution is 2.38. The average Bonchev–Trinajstić information content (AvgIpc) is 3.54. The van der Waals surface area contributed by atoms with Gasteiger partial charge in [-0.1, -0.05) is 13.5 Å². The van der Waals surface area contributed by atoms with Crippen molar-refractivity contribution in [3.05, 3.63) is 36.0 Å². The number of benzene rings is 1. The van der Waals surface area contributed by atoms with E-state index in [2.05, 4.69) is 30.9 Å². The molecular weight excluding hydrogens is 452 g/mol. The van der Waals surface area contributed by atoms with Gasteiger partial charge in [-0.05, 0) is 64.5 Å². The number of nitrogens with zero attached hydrogens (tertiary/aromatic N) is 4. The van der Waals surface area contributed by atoms with E-state index >= 15 is 0 Å². The first kappa shape index (κ1) is 24.8. The summed E-state index contributed by atoms with van der Waals surface area (Å²) in [6.45, 7) is 3.99. The molecule has 1 aromatic carbocycles. The van der Waals surface area contributed by atoms with Crippen LogP contribution in [0.25, 0.3) is 11.2 Å². The minimum Gasteiger partial charge on any atom is -0.353 e. The molecule has 2 aliphatic rings. The molecule has 0 saturated heterocycles. The second-order valence-electron chi connectivity index (χ2n) is 9.52. The average molecular weight is 486 g/mol. The quantitative estimate of drug-likeness (QED) is 0.419. The lowest BCUT2D eigenvalue weighted by molar-refractivity contribution is -0.126. The topological polar surface area (TPSA) is 96.8 Å². The molecule has 5 rings (SSSR count). The standard InChI is InChI=1S/C24H29F2N7O.CH4/c1-13(2)28-23-27-12-19-21(32-23)33(24(30-19)31-20-17(25)4-3-5-18(20)26)16-10-6-14(7-11-16)22(34)29-15-8-9-15;/h3-5,12-16H,6-11H2,1-2H3,(H,29,34)(H,30,31)(H,27,28,32);1H4. The summed E-state index contributed by atoms with van der Waals surface area (Å²) in [7, 11) is 0. The lowest BCUT2D eigenvalue weighted by Crippen LogP contribution is -2.35. The van der Waals surface area contributed by atoms with Gasteiger partial charge >= 0.3 is 0 Å². The Morgan fingerprint density at radius 3 is 2.37 bits per heavy atom. The lowest BCUT2D eigenvalue weighted by Gasteiger charge is -2.30. The number of aromatic nitrogens is 4. The van der Waals surface area contributed by atoms with Crippen LogP contribution in [0.2, 0.25) is 0 Å². The van der Waals surface area contributed by atoms with Crippen LogP contribution in [-0.4, -0.2) is 37.5 Å². The minimum absolute atomic E-state index is 0. The highest BCUT2D eigenvalue weighted by molar-refractivity contribution is 5.79. The number of carbonyl (C=O) groups excluding carboxylic acids is 1. The summed E-state index contributed by atoms with van der Waals surface area (Å²) in [5.74, 6) is -0.515. The molecule has 2 aromatic heterocycles. The third-order valence-electron chi connectivity index (χ3n) is 6.41. The number of halogens is 2. The number of imidazole rings is 1. The first-order valence-corrected chi connectivity index (χ1v) is 11.9. The molecule has 0 aliphatic heterocycles. The third-order valence-corrected chi connectivity index (χ3v) is 6.41. The van der Waals surface area contributed by atoms with Crippen molar-refractivity contribution in [2.75, 3.05) is 10.6 Å². The van der Waals surface area contributed by atoms with E-state index in [9.17, 15) is 13.6 Å². The van der Waals surface area contributed by atoms with Crippen molar-refractivity contribution in [3.8, 4) is 0 Å². The van der Waals surface area contributed by atoms with Gasteiger partial charge in [0.25, 0.3) is 0 Å². The van der Waals surface area contributed by atoms with Crippen molar-refractivity contribution in [2.24, 2.45) is 5.92 Å². The van der Waals surface area contributed by atoms with Crippen LogP contribution in [0, 0.1) is 17.6 Å². The summed E-state index contributed by atoms with van der Waals surface area (Å²) in [5.41, 5.74) is 0.857. The maximum Gasteiger partial charge on any atom is 0.224 e. The number of para-hydroxylation sites is 1. The van der Waals surface area contributed by atoms with E-state index in [0.717, 1.165) is 38.5 Å². The van der Waals surface area contributed by atoms with E-state index in [4.69, 9.17) is 0 Å². The van der Waals surface area contributed by atoms with Crippen LogP contribution < -0.4 is 16.0 Å². The molecule has 0 radical (unpaired) electrons. The van der Waals surface area contributed by atoms with Gasteiger partial charge in [0.1, 0.15) is 22.8 Å². The number of amides is 1. The first-order chi connectivity index (χ1) is 16.4. The monoisotopic (exact) mass is 485 g/mol. The fraction of sp³-hybridized carbons (Fsp3) is 0.520. The van der Waals surface area contributed by atoms with E-state index in [1.807, 2.05) is 18.4 Å². The largest absolute Gasteiger partial charge is 0.353 e. The molecule has 2 fully saturated rings. The van der Waals surface area contributed by atoms with Crippen LogP contribution >= 0.6 is 0 Å². The fourth-order valence-corrected chi connectivity index (χ4v) is 4.52. The number of fused-ring (bicyclic) bond motifs is 1. The minimum atomic E-state index is -0.702. The van der Waals surface area contributed by atoms with Crippen LogP contribution in [0.5, 0.6) is 0 Å². The van der Waals surface area contributed by atoms with Crippen LogP contribution in [0.1, 0.15) is 65.8 Å². The summed E-state index contributed by atoms with van der Waals surface area (Å²) in [5, 5.41) is 9.15. The smallest absolute Gasteiger partial charge is 0.224 e. The Balaban J connectivity index is 0.00000289. The predicted molar refractivity (Wildman–Crippen MR) is 133 cm³/mol. The van der Waals surface area contributed by atoms with Gasteiger partial charge in [0.15, 0.2) is 5.65 Å². The molecule has 2 saturated carbocycles. The molecule has 8 nitrogen and oxygen atoms in total. The van der Waals surface area contributed by atoms with Gasteiger partial charge in [-0.15, -0.1) is 0 Å². The fourth-order valence-electron chi connectivity index (χ4n) is 4.52. The zero-order valence-electron chi connectivity index (χ0n) is 19.3. The van der Waals surface area contributed by atoms with E-state index in [1.54, 1.807) is 6.20 Å². The SMILES string of the molecule is C.CC(C)Nc1ncc2nc(Nc3c(F)cccc3F)n(C3CCC(C(=O)NC4CC4)CC3)c2n1. The Kier molecular flexibility index (Phi) is 7.18. The summed E-state index contributed by atoms with van der Waals surface area (Å²) >= 11 is 0. The third kappa shape index (κ3) is 5.36. The molecule has 2 heterocycles. The van der Waals surface area contributed by atoms with E-state index in [1.165, 1.54) is 18.2 Å². The molecule has 0 spiro atoms. The molecule has 0 unspecified atom stereocenters. The Labute approximate surface area is 203 Å². The first-order valence-electron chi connectivity index (χ1n) is 11.9. The van der Waals surface area contributed by atoms with Crippen LogP contribution in [-0.2, 0) is 4.79 Å². The van der Waals surface area contributed by atoms with Gasteiger partial charge in [0.05, 0.1) is 6.20 Å². The highest BCUT2D eigenvalue weighted by Gasteiger charge is 2.33. The molecule has 3 N–H and O–H groups in total. The number of hydrogen-bond acceptors (Lipinski definition) is 6. The molecule has 0 atom stereocenters. The number of nitrogens with one attached hydrogen (secondary N) is 3. The zero-order valence-corrected chi connectivity index (χ0v) is 19.3. The molecule has 188 valence electrons. The van der Waals surface area contributed by atoms with E-state index < -0.39 is 11.6 Å². The Morgan fingerprint density at radius 1 is 1.06 bits per heavy atom. The van der Waals surface area contributed by atoms with Crippen molar-refractivity contribution in [2.45, 2.75) is 77.9 Å². The van der Waals surface area contributed by atoms with E-state index in [-0.39, 0.29) is 37.0 Å². The van der Waals surface area contributed by atoms with Gasteiger partial charge in [-0.3, -0.25) is 9.36 Å². The molecule has 0 bridgehead atoms. The molecule has 35 heavy (non-hydrogen) atoms. The second-order valence-corrected chi connectivity index (χ2v) is 9.52. The Hall–Kier alpha value is -3.30. The molecular formula is C25H33F2N7O. The zero-order chi connectivity index (χ0) is 23.8. The van der Waals surface area contributed by atoms with Gasteiger partial charge in [0.2, 0.25) is 17.8 Å². The second kappa shape index (κ2) is 10.1. The summed E-state index contributed by atoms with van der Waals surface area (Å²) in [6.07, 6.45) is 6.68. The Morgan fingerprint density at radius 2 is 1.74 bits per heavy atom. The van der Waals surface area contributed by atoms with Gasteiger partial charge < -0.3 is 16.0 Å². The summed E-state index contributed by atoms with van der Waals surface area (Å²) < 4.78 is 30.7. The number of anilines is 3. The summed E-state index contributed by atoms with van der Waals surface area (Å²) in [6, 6.07) is 4.19. The van der Waals surface area contributed by atoms with Crippen LogP contribution in [0.15, 0.2) is 24.4 Å². The lowest BCUT2D eigenvalue weighted by atomic mass is 9.85. The molecule has 1 amide bonds. The maximum absolute atomic E-state index is 14.4. The number of hydrogen-bond donors (Lipinski definition) is 3. The van der Waals surface area contributed by atoms with Crippen molar-refractivity contribution >= 4 is 34.7 Å². The number of rotatable bonds is 7. The molecule has 2 aliphatic carbocycles. The van der Waals surface area contributed by atoms with Gasteiger partial charge in [-0.2, -0.15) is 4.98 Å². The van der Waals surface area contributed by atoms with Gasteiger partial charge in [0, 0.05) is 24.0 Å². The van der Waals surface area contributed by atoms with Crippen LogP contribution in [0.4, 0.5) is 26.4 Å². The predicted octanol–water partition coefficient (Wildman–Crippen LogP) is 5.31. The van der Waals surface area contributed by atoms with Crippen molar-refractivity contribution in [3.63, 3.8) is 0 Å². The molecule has 3 aromatic rings. The van der Waals surface area contributed by atoms with E-state index in [0.29, 0.717) is 29.1 Å². The number of carbonyl (C=O) groups is 1. The normalized spacial score (nSPS) is 19.9. The summed E-state index contributed by atoms with van der Waals surface area (Å²) in [4.78, 5) is 26.1. The van der Waals surface area contributed by atoms with Crippen LogP contribution in [0.3, 0.4) is 0 Å². The highest BCUT2D eigenvalue weighted by atomic mass is 19.1. The Bertz CT molecular complexity index is 1180. The van der Waals surface area contributed by atoms with Crippen molar-refractivity contribution < 1.29 is 13.6 Å². The van der Waals surface area contributed by atoms with Crippen molar-refractivity contribution in [1.29, 1.82) is 0 Å². The van der Waals surface area contributed by atoms with Crippen molar-refractivity contribution in [1.82, 2.24) is 24.8 Å². The molecule has 10 heteroatoms. The van der Waals surface area contributed by atoms with Gasteiger partial charge in [-0.25, -0.2) is 18.7 Å².